The van der Waals surface area contributed by atoms with Gasteiger partial charge in [-0.3, -0.25) is 4.79 Å². The maximum absolute atomic E-state index is 11.5. The Kier molecular flexibility index (Phi) is 2.66. The lowest BCUT2D eigenvalue weighted by atomic mass is 10.0. The van der Waals surface area contributed by atoms with Gasteiger partial charge in [0.15, 0.2) is 0 Å². The number of amides is 1. The summed E-state index contributed by atoms with van der Waals surface area (Å²) in [5.41, 5.74) is 1.34. The molecule has 1 amide bonds. The first-order chi connectivity index (χ1) is 7.29. The lowest BCUT2D eigenvalue weighted by molar-refractivity contribution is -0.121. The molecule has 1 aliphatic rings. The molecule has 0 bridgehead atoms. The second-order valence-corrected chi connectivity index (χ2v) is 3.53. The van der Waals surface area contributed by atoms with E-state index in [0.717, 1.165) is 18.8 Å². The Morgan fingerprint density at radius 1 is 1.40 bits per heavy atom. The highest BCUT2D eigenvalue weighted by atomic mass is 16.2. The van der Waals surface area contributed by atoms with Crippen molar-refractivity contribution in [2.45, 2.75) is 0 Å². The number of carbonyl (C=O) groups is 1. The lowest BCUT2D eigenvalue weighted by Crippen LogP contribution is -2.48. The van der Waals surface area contributed by atoms with E-state index in [1.165, 1.54) is 0 Å². The van der Waals surface area contributed by atoms with E-state index in [1.54, 1.807) is 24.3 Å². The summed E-state index contributed by atoms with van der Waals surface area (Å²) in [5, 5.41) is 14.4. The predicted molar refractivity (Wildman–Crippen MR) is 56.1 cm³/mol. The van der Waals surface area contributed by atoms with Crippen molar-refractivity contribution >= 4 is 11.6 Å². The van der Waals surface area contributed by atoms with E-state index >= 15 is 0 Å². The predicted octanol–water partition coefficient (Wildman–Crippen LogP) is 0.716. The highest BCUT2D eigenvalue weighted by Crippen LogP contribution is 2.11. The molecule has 0 saturated carbocycles. The van der Waals surface area contributed by atoms with Gasteiger partial charge in [-0.1, -0.05) is 0 Å². The van der Waals surface area contributed by atoms with Gasteiger partial charge < -0.3 is 10.6 Å². The minimum Gasteiger partial charge on any atom is -0.326 e. The molecule has 1 saturated heterocycles. The summed E-state index contributed by atoms with van der Waals surface area (Å²) in [4.78, 5) is 11.5. The van der Waals surface area contributed by atoms with Crippen molar-refractivity contribution in [2.24, 2.45) is 5.92 Å². The van der Waals surface area contributed by atoms with Crippen LogP contribution < -0.4 is 10.6 Å². The number of benzene rings is 1. The fraction of sp³-hybridized carbons (Fsp3) is 0.273. The molecule has 0 aromatic heterocycles. The average molecular weight is 201 g/mol. The standard InChI is InChI=1S/C11H11N3O/c12-5-8-1-3-10(4-2-8)14-11(15)9-6-13-7-9/h1-4,9,13H,6-7H2,(H,14,15). The van der Waals surface area contributed by atoms with Crippen LogP contribution in [-0.2, 0) is 4.79 Å². The summed E-state index contributed by atoms with van der Waals surface area (Å²) in [6, 6.07) is 8.89. The van der Waals surface area contributed by atoms with Crippen LogP contribution >= 0.6 is 0 Å². The number of anilines is 1. The summed E-state index contributed by atoms with van der Waals surface area (Å²) < 4.78 is 0. The van der Waals surface area contributed by atoms with Gasteiger partial charge >= 0.3 is 0 Å². The van der Waals surface area contributed by atoms with Crippen molar-refractivity contribution in [2.75, 3.05) is 18.4 Å². The molecule has 4 nitrogen and oxygen atoms in total. The van der Waals surface area contributed by atoms with Crippen molar-refractivity contribution < 1.29 is 4.79 Å². The third-order valence-electron chi connectivity index (χ3n) is 2.43. The van der Waals surface area contributed by atoms with Crippen LogP contribution in [0.1, 0.15) is 5.56 Å². The molecule has 0 spiro atoms. The third-order valence-corrected chi connectivity index (χ3v) is 2.43. The molecule has 0 unspecified atom stereocenters. The number of rotatable bonds is 2. The minimum absolute atomic E-state index is 0.0402. The molecule has 1 aromatic rings. The topological polar surface area (TPSA) is 64.9 Å². The van der Waals surface area contributed by atoms with E-state index < -0.39 is 0 Å². The number of carbonyl (C=O) groups excluding carboxylic acids is 1. The van der Waals surface area contributed by atoms with Crippen LogP contribution in [0.25, 0.3) is 0 Å². The van der Waals surface area contributed by atoms with Crippen molar-refractivity contribution in [3.05, 3.63) is 29.8 Å². The van der Waals surface area contributed by atoms with Crippen LogP contribution in [-0.4, -0.2) is 19.0 Å². The molecule has 2 rings (SSSR count). The van der Waals surface area contributed by atoms with Crippen LogP contribution in [0, 0.1) is 17.2 Å². The highest BCUT2D eigenvalue weighted by molar-refractivity contribution is 5.93. The van der Waals surface area contributed by atoms with E-state index in [9.17, 15) is 4.79 Å². The first-order valence-corrected chi connectivity index (χ1v) is 4.81. The zero-order valence-corrected chi connectivity index (χ0v) is 8.16. The smallest absolute Gasteiger partial charge is 0.230 e. The second-order valence-electron chi connectivity index (χ2n) is 3.53. The monoisotopic (exact) mass is 201 g/mol. The molecule has 1 fully saturated rings. The fourth-order valence-corrected chi connectivity index (χ4v) is 1.35. The Balaban J connectivity index is 1.98. The molecule has 4 heteroatoms. The van der Waals surface area contributed by atoms with Gasteiger partial charge in [-0.15, -0.1) is 0 Å². The molecule has 1 aliphatic heterocycles. The first-order valence-electron chi connectivity index (χ1n) is 4.81. The summed E-state index contributed by atoms with van der Waals surface area (Å²) in [6.07, 6.45) is 0. The Labute approximate surface area is 87.9 Å². The molecular formula is C11H11N3O. The number of nitrogens with one attached hydrogen (secondary N) is 2. The Bertz CT molecular complexity index is 401. The van der Waals surface area contributed by atoms with Crippen molar-refractivity contribution in [1.29, 1.82) is 5.26 Å². The first kappa shape index (κ1) is 9.69. The number of hydrogen-bond acceptors (Lipinski definition) is 3. The molecule has 0 atom stereocenters. The Hall–Kier alpha value is -1.86. The van der Waals surface area contributed by atoms with Gasteiger partial charge in [-0.05, 0) is 24.3 Å². The van der Waals surface area contributed by atoms with Gasteiger partial charge in [0.1, 0.15) is 0 Å². The zero-order valence-electron chi connectivity index (χ0n) is 8.16. The fourth-order valence-electron chi connectivity index (χ4n) is 1.35. The van der Waals surface area contributed by atoms with Gasteiger partial charge in [0.05, 0.1) is 17.6 Å². The van der Waals surface area contributed by atoms with Gasteiger partial charge in [0.2, 0.25) is 5.91 Å². The molecule has 0 aliphatic carbocycles. The SMILES string of the molecule is N#Cc1ccc(NC(=O)C2CNC2)cc1. The summed E-state index contributed by atoms with van der Waals surface area (Å²) in [7, 11) is 0. The van der Waals surface area contributed by atoms with Crippen molar-refractivity contribution in [3.63, 3.8) is 0 Å². The Morgan fingerprint density at radius 3 is 2.53 bits per heavy atom. The average Bonchev–Trinajstić information content (AvgIpc) is 2.16. The van der Waals surface area contributed by atoms with Gasteiger partial charge in [-0.25, -0.2) is 0 Å². The van der Waals surface area contributed by atoms with Crippen LogP contribution in [0.4, 0.5) is 5.69 Å². The van der Waals surface area contributed by atoms with Crippen LogP contribution in [0.5, 0.6) is 0 Å². The molecule has 1 aromatic carbocycles. The van der Waals surface area contributed by atoms with E-state index in [4.69, 9.17) is 5.26 Å². The van der Waals surface area contributed by atoms with Gasteiger partial charge in [0.25, 0.3) is 0 Å². The summed E-state index contributed by atoms with van der Waals surface area (Å²) >= 11 is 0. The highest BCUT2D eigenvalue weighted by Gasteiger charge is 2.24. The van der Waals surface area contributed by atoms with Crippen molar-refractivity contribution in [3.8, 4) is 6.07 Å². The molecule has 1 heterocycles. The van der Waals surface area contributed by atoms with Crippen molar-refractivity contribution in [1.82, 2.24) is 5.32 Å². The lowest BCUT2D eigenvalue weighted by Gasteiger charge is -2.25. The van der Waals surface area contributed by atoms with E-state index in [2.05, 4.69) is 10.6 Å². The molecule has 0 radical (unpaired) electrons. The Morgan fingerprint density at radius 2 is 2.07 bits per heavy atom. The van der Waals surface area contributed by atoms with E-state index in [0.29, 0.717) is 5.56 Å². The largest absolute Gasteiger partial charge is 0.326 e. The number of nitriles is 1. The van der Waals surface area contributed by atoms with E-state index in [1.807, 2.05) is 6.07 Å². The zero-order chi connectivity index (χ0) is 10.7. The normalized spacial score (nSPS) is 15.1. The van der Waals surface area contributed by atoms with Crippen LogP contribution in [0.15, 0.2) is 24.3 Å². The number of nitrogens with zero attached hydrogens (tertiary/aromatic N) is 1. The maximum Gasteiger partial charge on any atom is 0.230 e. The molecule has 76 valence electrons. The maximum atomic E-state index is 11.5. The molecule has 2 N–H and O–H groups in total. The quantitative estimate of drug-likeness (QED) is 0.740. The van der Waals surface area contributed by atoms with Gasteiger partial charge in [-0.2, -0.15) is 5.26 Å². The number of hydrogen-bond donors (Lipinski definition) is 2. The van der Waals surface area contributed by atoms with Crippen LogP contribution in [0.2, 0.25) is 0 Å². The molecular weight excluding hydrogens is 190 g/mol. The van der Waals surface area contributed by atoms with Crippen LogP contribution in [0.3, 0.4) is 0 Å². The second kappa shape index (κ2) is 4.11. The summed E-state index contributed by atoms with van der Waals surface area (Å²) in [6.45, 7) is 1.50. The molecule has 15 heavy (non-hydrogen) atoms. The van der Waals surface area contributed by atoms with Gasteiger partial charge in [0, 0.05) is 18.8 Å². The van der Waals surface area contributed by atoms with E-state index in [-0.39, 0.29) is 11.8 Å². The summed E-state index contributed by atoms with van der Waals surface area (Å²) in [5.74, 6) is 0.124. The minimum atomic E-state index is 0.0402. The third kappa shape index (κ3) is 2.14.